The van der Waals surface area contributed by atoms with Gasteiger partial charge < -0.3 is 15.4 Å². The van der Waals surface area contributed by atoms with Crippen molar-refractivity contribution in [3.63, 3.8) is 0 Å². The molecule has 0 aliphatic rings. The number of rotatable bonds is 6. The highest BCUT2D eigenvalue weighted by Gasteiger charge is 2.16. The van der Waals surface area contributed by atoms with Crippen molar-refractivity contribution in [2.45, 2.75) is 39.8 Å². The van der Waals surface area contributed by atoms with E-state index < -0.39 is 0 Å². The Morgan fingerprint density at radius 2 is 1.78 bits per heavy atom. The quantitative estimate of drug-likeness (QED) is 0.813. The van der Waals surface area contributed by atoms with Gasteiger partial charge in [0.1, 0.15) is 5.75 Å². The van der Waals surface area contributed by atoms with E-state index in [4.69, 9.17) is 4.74 Å². The van der Waals surface area contributed by atoms with Crippen molar-refractivity contribution < 1.29 is 4.74 Å². The Balaban J connectivity index is 2.81. The van der Waals surface area contributed by atoms with Gasteiger partial charge in [-0.1, -0.05) is 6.07 Å². The maximum Gasteiger partial charge on any atom is 0.123 e. The van der Waals surface area contributed by atoms with Crippen molar-refractivity contribution in [1.82, 2.24) is 10.6 Å². The average molecular weight is 250 g/mol. The minimum Gasteiger partial charge on any atom is -0.496 e. The molecule has 0 radical (unpaired) electrons. The number of benzene rings is 1. The Morgan fingerprint density at radius 1 is 1.17 bits per heavy atom. The Labute approximate surface area is 111 Å². The van der Waals surface area contributed by atoms with Gasteiger partial charge in [-0.25, -0.2) is 0 Å². The first-order valence-electron chi connectivity index (χ1n) is 6.43. The van der Waals surface area contributed by atoms with Crippen LogP contribution < -0.4 is 15.4 Å². The van der Waals surface area contributed by atoms with E-state index in [1.165, 1.54) is 16.7 Å². The molecule has 0 fully saturated rings. The first-order chi connectivity index (χ1) is 8.39. The standard InChI is InChI=1S/C15H26N2O/c1-11-7-13(14(18-6)8-12(11)2)9-17-15(3,4)10-16-5/h7-8,16-17H,9-10H2,1-6H3. The molecule has 0 aliphatic carbocycles. The minimum atomic E-state index is 0.0680. The fourth-order valence-corrected chi connectivity index (χ4v) is 2.02. The van der Waals surface area contributed by atoms with E-state index in [1.54, 1.807) is 7.11 Å². The van der Waals surface area contributed by atoms with Gasteiger partial charge in [0, 0.05) is 24.2 Å². The van der Waals surface area contributed by atoms with E-state index in [2.05, 4.69) is 50.5 Å². The maximum atomic E-state index is 5.45. The van der Waals surface area contributed by atoms with Gasteiger partial charge in [0.2, 0.25) is 0 Å². The first kappa shape index (κ1) is 15.0. The van der Waals surface area contributed by atoms with Crippen LogP contribution in [0, 0.1) is 13.8 Å². The molecule has 0 unspecified atom stereocenters. The number of likely N-dealkylation sites (N-methyl/N-ethyl adjacent to an activating group) is 1. The van der Waals surface area contributed by atoms with E-state index in [0.717, 1.165) is 18.8 Å². The number of ether oxygens (including phenoxy) is 1. The predicted octanol–water partition coefficient (Wildman–Crippen LogP) is 2.40. The Bertz CT molecular complexity index is 400. The van der Waals surface area contributed by atoms with Crippen LogP contribution in [0.4, 0.5) is 0 Å². The van der Waals surface area contributed by atoms with Gasteiger partial charge in [-0.15, -0.1) is 0 Å². The molecule has 0 spiro atoms. The summed E-state index contributed by atoms with van der Waals surface area (Å²) in [6.07, 6.45) is 0. The van der Waals surface area contributed by atoms with Crippen LogP contribution in [0.2, 0.25) is 0 Å². The van der Waals surface area contributed by atoms with E-state index in [-0.39, 0.29) is 5.54 Å². The zero-order chi connectivity index (χ0) is 13.8. The third-order valence-corrected chi connectivity index (χ3v) is 3.27. The molecule has 18 heavy (non-hydrogen) atoms. The smallest absolute Gasteiger partial charge is 0.123 e. The van der Waals surface area contributed by atoms with Gasteiger partial charge in [-0.3, -0.25) is 0 Å². The second-order valence-electron chi connectivity index (χ2n) is 5.52. The molecular formula is C15H26N2O. The number of hydrogen-bond donors (Lipinski definition) is 2. The lowest BCUT2D eigenvalue weighted by Gasteiger charge is -2.26. The summed E-state index contributed by atoms with van der Waals surface area (Å²) in [5, 5.41) is 6.75. The van der Waals surface area contributed by atoms with Gasteiger partial charge in [-0.2, -0.15) is 0 Å². The molecule has 0 heterocycles. The van der Waals surface area contributed by atoms with E-state index >= 15 is 0 Å². The van der Waals surface area contributed by atoms with Crippen LogP contribution in [0.1, 0.15) is 30.5 Å². The third kappa shape index (κ3) is 4.00. The molecule has 0 saturated heterocycles. The molecule has 0 aliphatic heterocycles. The lowest BCUT2D eigenvalue weighted by Crippen LogP contribution is -2.46. The molecule has 1 aromatic rings. The van der Waals surface area contributed by atoms with Crippen LogP contribution in [0.15, 0.2) is 12.1 Å². The normalized spacial score (nSPS) is 11.7. The molecule has 1 rings (SSSR count). The highest BCUT2D eigenvalue weighted by atomic mass is 16.5. The fraction of sp³-hybridized carbons (Fsp3) is 0.600. The summed E-state index contributed by atoms with van der Waals surface area (Å²) in [4.78, 5) is 0. The number of aryl methyl sites for hydroxylation is 2. The molecule has 3 nitrogen and oxygen atoms in total. The van der Waals surface area contributed by atoms with Gasteiger partial charge in [0.05, 0.1) is 7.11 Å². The van der Waals surface area contributed by atoms with Crippen LogP contribution in [-0.4, -0.2) is 26.2 Å². The fourth-order valence-electron chi connectivity index (χ4n) is 2.02. The topological polar surface area (TPSA) is 33.3 Å². The summed E-state index contributed by atoms with van der Waals surface area (Å²) < 4.78 is 5.45. The maximum absolute atomic E-state index is 5.45. The minimum absolute atomic E-state index is 0.0680. The van der Waals surface area contributed by atoms with Crippen LogP contribution in [-0.2, 0) is 6.54 Å². The Kier molecular flexibility index (Phi) is 5.17. The summed E-state index contributed by atoms with van der Waals surface area (Å²) in [7, 11) is 3.70. The van der Waals surface area contributed by atoms with Gasteiger partial charge >= 0.3 is 0 Å². The van der Waals surface area contributed by atoms with Gasteiger partial charge in [-0.05, 0) is 51.9 Å². The SMILES string of the molecule is CNCC(C)(C)NCc1cc(C)c(C)cc1OC. The summed E-state index contributed by atoms with van der Waals surface area (Å²) in [5.74, 6) is 0.964. The first-order valence-corrected chi connectivity index (χ1v) is 6.43. The molecule has 0 amide bonds. The molecule has 0 aromatic heterocycles. The van der Waals surface area contributed by atoms with Crippen LogP contribution in [0.3, 0.4) is 0 Å². The lowest BCUT2D eigenvalue weighted by molar-refractivity contribution is 0.364. The second kappa shape index (κ2) is 6.21. The second-order valence-corrected chi connectivity index (χ2v) is 5.52. The molecule has 1 aromatic carbocycles. The lowest BCUT2D eigenvalue weighted by atomic mass is 10.0. The van der Waals surface area contributed by atoms with Crippen LogP contribution >= 0.6 is 0 Å². The van der Waals surface area contributed by atoms with Crippen molar-refractivity contribution in [2.75, 3.05) is 20.7 Å². The van der Waals surface area contributed by atoms with Crippen molar-refractivity contribution in [1.29, 1.82) is 0 Å². The molecule has 2 N–H and O–H groups in total. The molecule has 0 atom stereocenters. The van der Waals surface area contributed by atoms with Gasteiger partial charge in [0.15, 0.2) is 0 Å². The Hall–Kier alpha value is -1.06. The van der Waals surface area contributed by atoms with Crippen LogP contribution in [0.5, 0.6) is 5.75 Å². The molecule has 0 bridgehead atoms. The largest absolute Gasteiger partial charge is 0.496 e. The summed E-state index contributed by atoms with van der Waals surface area (Å²) in [6.45, 7) is 10.4. The van der Waals surface area contributed by atoms with Gasteiger partial charge in [0.25, 0.3) is 0 Å². The summed E-state index contributed by atoms with van der Waals surface area (Å²) in [6, 6.07) is 4.31. The van der Waals surface area contributed by atoms with Crippen LogP contribution in [0.25, 0.3) is 0 Å². The zero-order valence-corrected chi connectivity index (χ0v) is 12.5. The number of nitrogens with one attached hydrogen (secondary N) is 2. The molecule has 0 saturated carbocycles. The van der Waals surface area contributed by atoms with Crippen molar-refractivity contribution >= 4 is 0 Å². The highest BCUT2D eigenvalue weighted by molar-refractivity contribution is 5.41. The molecule has 102 valence electrons. The average Bonchev–Trinajstić information content (AvgIpc) is 2.30. The molecule has 3 heteroatoms. The number of methoxy groups -OCH3 is 1. The Morgan fingerprint density at radius 3 is 2.33 bits per heavy atom. The van der Waals surface area contributed by atoms with E-state index in [9.17, 15) is 0 Å². The summed E-state index contributed by atoms with van der Waals surface area (Å²) >= 11 is 0. The van der Waals surface area contributed by atoms with E-state index in [1.807, 2.05) is 7.05 Å². The monoisotopic (exact) mass is 250 g/mol. The predicted molar refractivity (Wildman–Crippen MR) is 77.3 cm³/mol. The third-order valence-electron chi connectivity index (χ3n) is 3.27. The van der Waals surface area contributed by atoms with Crippen molar-refractivity contribution in [3.8, 4) is 5.75 Å². The summed E-state index contributed by atoms with van der Waals surface area (Å²) in [5.41, 5.74) is 3.85. The zero-order valence-electron chi connectivity index (χ0n) is 12.5. The van der Waals surface area contributed by atoms with Crippen molar-refractivity contribution in [3.05, 3.63) is 28.8 Å². The highest BCUT2D eigenvalue weighted by Crippen LogP contribution is 2.23. The molecular weight excluding hydrogens is 224 g/mol. The van der Waals surface area contributed by atoms with Crippen molar-refractivity contribution in [2.24, 2.45) is 0 Å². The number of hydrogen-bond acceptors (Lipinski definition) is 3. The van der Waals surface area contributed by atoms with E-state index in [0.29, 0.717) is 0 Å².